The maximum atomic E-state index is 12.3. The molecular formula is C36H60O7. The molecule has 7 heteroatoms. The summed E-state index contributed by atoms with van der Waals surface area (Å²) >= 11 is 0. The van der Waals surface area contributed by atoms with Gasteiger partial charge in [0.15, 0.2) is 0 Å². The third kappa shape index (κ3) is 4.17. The highest BCUT2D eigenvalue weighted by molar-refractivity contribution is 5.23. The summed E-state index contributed by atoms with van der Waals surface area (Å²) < 4.78 is 6.01. The first kappa shape index (κ1) is 32.4. The number of hydrogen-bond acceptors (Lipinski definition) is 7. The van der Waals surface area contributed by atoms with Crippen LogP contribution in [0.5, 0.6) is 0 Å². The number of aliphatic hydroxyl groups excluding tert-OH is 6. The van der Waals surface area contributed by atoms with E-state index in [1.54, 1.807) is 0 Å². The Bertz CT molecular complexity index is 1090. The highest BCUT2D eigenvalue weighted by Gasteiger charge is 2.72. The van der Waals surface area contributed by atoms with Gasteiger partial charge >= 0.3 is 0 Å². The van der Waals surface area contributed by atoms with E-state index in [-0.39, 0.29) is 39.6 Å². The minimum Gasteiger partial charge on any atom is -0.394 e. The normalized spacial score (nSPS) is 56.7. The van der Waals surface area contributed by atoms with Crippen LogP contribution in [-0.4, -0.2) is 80.0 Å². The minimum absolute atomic E-state index is 0.0748. The Morgan fingerprint density at radius 1 is 0.791 bits per heavy atom. The van der Waals surface area contributed by atoms with Crippen LogP contribution < -0.4 is 0 Å². The summed E-state index contributed by atoms with van der Waals surface area (Å²) in [6.07, 6.45) is 2.33. The molecule has 246 valence electrons. The third-order valence-corrected chi connectivity index (χ3v) is 15.9. The summed E-state index contributed by atoms with van der Waals surface area (Å²) in [5.41, 5.74) is 0.982. The van der Waals surface area contributed by atoms with Crippen LogP contribution in [0, 0.1) is 56.7 Å². The van der Waals surface area contributed by atoms with E-state index in [9.17, 15) is 30.6 Å². The first-order chi connectivity index (χ1) is 20.0. The van der Waals surface area contributed by atoms with Crippen molar-refractivity contribution in [3.8, 4) is 0 Å². The van der Waals surface area contributed by atoms with Crippen molar-refractivity contribution in [3.63, 3.8) is 0 Å². The van der Waals surface area contributed by atoms with Crippen LogP contribution in [0.3, 0.4) is 0 Å². The van der Waals surface area contributed by atoms with Crippen LogP contribution in [-0.2, 0) is 4.74 Å². The number of hydrogen-bond donors (Lipinski definition) is 6. The van der Waals surface area contributed by atoms with Crippen molar-refractivity contribution < 1.29 is 35.4 Å². The van der Waals surface area contributed by atoms with Crippen molar-refractivity contribution in [2.75, 3.05) is 6.61 Å². The molecule has 1 aliphatic heterocycles. The molecule has 1 heterocycles. The van der Waals surface area contributed by atoms with Gasteiger partial charge < -0.3 is 35.4 Å². The fourth-order valence-electron chi connectivity index (χ4n) is 13.4. The molecule has 16 atom stereocenters. The lowest BCUT2D eigenvalue weighted by Crippen LogP contribution is -2.69. The monoisotopic (exact) mass is 604 g/mol. The summed E-state index contributed by atoms with van der Waals surface area (Å²) in [7, 11) is 0. The molecule has 6 fully saturated rings. The molecule has 0 aromatic rings. The van der Waals surface area contributed by atoms with Crippen LogP contribution >= 0.6 is 0 Å². The minimum atomic E-state index is -1.49. The average molecular weight is 605 g/mol. The number of ether oxygens (including phenoxy) is 1. The summed E-state index contributed by atoms with van der Waals surface area (Å²) in [6.45, 7) is 18.3. The van der Waals surface area contributed by atoms with Gasteiger partial charge in [-0.15, -0.1) is 0 Å². The second kappa shape index (κ2) is 10.5. The first-order valence-corrected chi connectivity index (χ1v) is 17.3. The molecule has 6 rings (SSSR count). The van der Waals surface area contributed by atoms with Gasteiger partial charge in [0.2, 0.25) is 0 Å². The van der Waals surface area contributed by atoms with Crippen molar-refractivity contribution in [2.24, 2.45) is 56.7 Å². The van der Waals surface area contributed by atoms with Gasteiger partial charge in [-0.3, -0.25) is 0 Å². The molecule has 5 aliphatic carbocycles. The van der Waals surface area contributed by atoms with Crippen LogP contribution in [0.4, 0.5) is 0 Å². The molecule has 0 bridgehead atoms. The van der Waals surface area contributed by atoms with Crippen LogP contribution in [0.2, 0.25) is 0 Å². The molecule has 5 saturated carbocycles. The molecule has 0 aromatic heterocycles. The van der Waals surface area contributed by atoms with E-state index in [4.69, 9.17) is 4.74 Å². The summed E-state index contributed by atoms with van der Waals surface area (Å²) in [4.78, 5) is 0. The molecule has 0 radical (unpaired) electrons. The molecule has 7 nitrogen and oxygen atoms in total. The smallest absolute Gasteiger partial charge is 0.113 e. The second-order valence-corrected chi connectivity index (χ2v) is 17.5. The van der Waals surface area contributed by atoms with Gasteiger partial charge in [-0.05, 0) is 122 Å². The largest absolute Gasteiger partial charge is 0.394 e. The predicted octanol–water partition coefficient (Wildman–Crippen LogP) is 4.21. The quantitative estimate of drug-likeness (QED) is 0.265. The molecule has 1 saturated heterocycles. The molecule has 0 amide bonds. The summed E-state index contributed by atoms with van der Waals surface area (Å²) in [5, 5.41) is 65.3. The maximum Gasteiger partial charge on any atom is 0.113 e. The van der Waals surface area contributed by atoms with E-state index >= 15 is 0 Å². The zero-order valence-electron chi connectivity index (χ0n) is 27.5. The Hall–Kier alpha value is -0.540. The molecule has 0 spiro atoms. The number of allylic oxidation sites excluding steroid dienone is 1. The van der Waals surface area contributed by atoms with Crippen LogP contribution in [0.15, 0.2) is 12.2 Å². The summed E-state index contributed by atoms with van der Waals surface area (Å²) in [6, 6.07) is 0. The lowest BCUT2D eigenvalue weighted by atomic mass is 9.32. The molecule has 0 aromatic carbocycles. The molecule has 43 heavy (non-hydrogen) atoms. The van der Waals surface area contributed by atoms with Crippen molar-refractivity contribution >= 4 is 0 Å². The van der Waals surface area contributed by atoms with E-state index in [2.05, 4.69) is 48.1 Å². The molecule has 9 unspecified atom stereocenters. The Balaban J connectivity index is 1.37. The topological polar surface area (TPSA) is 131 Å². The van der Waals surface area contributed by atoms with Crippen molar-refractivity contribution in [2.45, 2.75) is 148 Å². The zero-order chi connectivity index (χ0) is 31.5. The Morgan fingerprint density at radius 2 is 1.49 bits per heavy atom. The van der Waals surface area contributed by atoms with Gasteiger partial charge in [-0.1, -0.05) is 46.8 Å². The van der Waals surface area contributed by atoms with E-state index in [1.165, 1.54) is 0 Å². The SMILES string of the molecule is C=C(C)[C@@H]1CC[C@]2(C(O)[C@@H]3OC(CO)[C@@H](O)C(O)C3O)CC[C@]3(C)C(CCC4[C@@]5(C)CCC(O)C(C)(C)C5CC[C@]43C)C12. The standard InChI is InChI=1S/C36H60O7/c1-19(2)20-10-15-36(31(42)30-29(41)28(40)27(39)22(18-37)43-30)17-16-34(6)21(26(20)36)8-9-24-33(5)13-12-25(38)32(3,4)23(33)11-14-35(24,34)7/h20-31,37-42H,1,8-18H2,2-7H3/t20-,21?,22?,23?,24?,25?,26?,27+,28?,29?,30+,31?,33-,34+,35+,36-/m0/s1. The summed E-state index contributed by atoms with van der Waals surface area (Å²) in [5.74, 6) is 1.92. The van der Waals surface area contributed by atoms with E-state index in [0.717, 1.165) is 69.8 Å². The Morgan fingerprint density at radius 3 is 2.14 bits per heavy atom. The van der Waals surface area contributed by atoms with Crippen molar-refractivity contribution in [1.82, 2.24) is 0 Å². The number of aliphatic hydroxyl groups is 6. The first-order valence-electron chi connectivity index (χ1n) is 17.3. The molecular weight excluding hydrogens is 544 g/mol. The fourth-order valence-corrected chi connectivity index (χ4v) is 13.4. The second-order valence-electron chi connectivity index (χ2n) is 17.5. The zero-order valence-corrected chi connectivity index (χ0v) is 27.5. The van der Waals surface area contributed by atoms with Gasteiger partial charge in [0, 0.05) is 5.41 Å². The van der Waals surface area contributed by atoms with Gasteiger partial charge in [-0.2, -0.15) is 0 Å². The van der Waals surface area contributed by atoms with Crippen molar-refractivity contribution in [3.05, 3.63) is 12.2 Å². The van der Waals surface area contributed by atoms with Gasteiger partial charge in [0.1, 0.15) is 30.5 Å². The lowest BCUT2D eigenvalue weighted by Gasteiger charge is -2.73. The number of fused-ring (bicyclic) bond motifs is 7. The highest BCUT2D eigenvalue weighted by atomic mass is 16.6. The van der Waals surface area contributed by atoms with E-state index < -0.39 is 48.6 Å². The molecule has 6 aliphatic rings. The molecule has 6 N–H and O–H groups in total. The third-order valence-electron chi connectivity index (χ3n) is 15.9. The Labute approximate surface area is 259 Å². The maximum absolute atomic E-state index is 12.3. The van der Waals surface area contributed by atoms with E-state index in [1.807, 2.05) is 0 Å². The van der Waals surface area contributed by atoms with Gasteiger partial charge in [0.25, 0.3) is 0 Å². The van der Waals surface area contributed by atoms with Gasteiger partial charge in [0.05, 0.1) is 18.8 Å². The number of rotatable bonds is 4. The van der Waals surface area contributed by atoms with Crippen LogP contribution in [0.1, 0.15) is 106 Å². The fraction of sp³-hybridized carbons (Fsp3) is 0.944. The van der Waals surface area contributed by atoms with E-state index in [0.29, 0.717) is 17.8 Å². The lowest BCUT2D eigenvalue weighted by molar-refractivity contribution is -0.283. The van der Waals surface area contributed by atoms with Crippen molar-refractivity contribution in [1.29, 1.82) is 0 Å². The van der Waals surface area contributed by atoms with Crippen LogP contribution in [0.25, 0.3) is 0 Å². The van der Waals surface area contributed by atoms with Gasteiger partial charge in [-0.25, -0.2) is 0 Å². The Kier molecular flexibility index (Phi) is 7.90. The highest BCUT2D eigenvalue weighted by Crippen LogP contribution is 2.78. The average Bonchev–Trinajstić information content (AvgIpc) is 3.35. The predicted molar refractivity (Wildman–Crippen MR) is 165 cm³/mol.